The number of halogens is 1. The third-order valence-electron chi connectivity index (χ3n) is 4.07. The minimum atomic E-state index is -0.539. The summed E-state index contributed by atoms with van der Waals surface area (Å²) in [6, 6.07) is 4.42. The van der Waals surface area contributed by atoms with E-state index in [2.05, 4.69) is 20.2 Å². The van der Waals surface area contributed by atoms with E-state index >= 15 is 0 Å². The standard InChI is InChI=1S/C18H22FN5O.C2H7N/c1-11(2)25-16-7-12(14(20)8-13(16)19)18(21)15-9-17(23-10-22-15)24-5-3-4-6-24;1-3-2/h7-11,21H,3-6,20H2,1-2H3;3H,1-2H3. The van der Waals surface area contributed by atoms with Gasteiger partial charge >= 0.3 is 0 Å². The highest BCUT2D eigenvalue weighted by atomic mass is 19.1. The lowest BCUT2D eigenvalue weighted by Crippen LogP contribution is -2.20. The van der Waals surface area contributed by atoms with Crippen molar-refractivity contribution in [2.24, 2.45) is 0 Å². The van der Waals surface area contributed by atoms with Crippen LogP contribution in [-0.4, -0.2) is 49.0 Å². The summed E-state index contributed by atoms with van der Waals surface area (Å²) in [7, 11) is 3.75. The van der Waals surface area contributed by atoms with Crippen LogP contribution in [0.25, 0.3) is 0 Å². The molecule has 0 saturated carbocycles. The molecular formula is C20H29FN6O. The average Bonchev–Trinajstić information content (AvgIpc) is 3.19. The molecule has 2 aromatic rings. The molecule has 1 saturated heterocycles. The third-order valence-corrected chi connectivity index (χ3v) is 4.07. The number of nitrogens with zero attached hydrogens (tertiary/aromatic N) is 3. The van der Waals surface area contributed by atoms with Gasteiger partial charge < -0.3 is 20.7 Å². The summed E-state index contributed by atoms with van der Waals surface area (Å²) in [4.78, 5) is 10.6. The van der Waals surface area contributed by atoms with Crippen molar-refractivity contribution < 1.29 is 9.13 Å². The molecule has 152 valence electrons. The predicted octanol–water partition coefficient (Wildman–Crippen LogP) is 2.84. The van der Waals surface area contributed by atoms with Crippen LogP contribution in [0.5, 0.6) is 5.75 Å². The van der Waals surface area contributed by atoms with Gasteiger partial charge in [-0.1, -0.05) is 0 Å². The van der Waals surface area contributed by atoms with E-state index in [1.807, 2.05) is 27.9 Å². The zero-order chi connectivity index (χ0) is 20.7. The van der Waals surface area contributed by atoms with Gasteiger partial charge in [0.05, 0.1) is 17.5 Å². The molecule has 8 heteroatoms. The van der Waals surface area contributed by atoms with Crippen LogP contribution in [0.1, 0.15) is 37.9 Å². The van der Waals surface area contributed by atoms with Crippen LogP contribution in [0.3, 0.4) is 0 Å². The zero-order valence-corrected chi connectivity index (χ0v) is 16.9. The fraction of sp³-hybridized carbons (Fsp3) is 0.450. The van der Waals surface area contributed by atoms with Gasteiger partial charge in [0.1, 0.15) is 12.1 Å². The van der Waals surface area contributed by atoms with Crippen molar-refractivity contribution in [1.82, 2.24) is 15.3 Å². The number of hydrogen-bond donors (Lipinski definition) is 3. The highest BCUT2D eigenvalue weighted by Gasteiger charge is 2.18. The Morgan fingerprint density at radius 3 is 2.46 bits per heavy atom. The summed E-state index contributed by atoms with van der Waals surface area (Å²) >= 11 is 0. The van der Waals surface area contributed by atoms with Crippen molar-refractivity contribution in [3.63, 3.8) is 0 Å². The van der Waals surface area contributed by atoms with E-state index in [1.165, 1.54) is 18.5 Å². The second-order valence-corrected chi connectivity index (χ2v) is 6.87. The maximum Gasteiger partial charge on any atom is 0.167 e. The average molecular weight is 388 g/mol. The second kappa shape index (κ2) is 9.98. The van der Waals surface area contributed by atoms with Gasteiger partial charge in [0.25, 0.3) is 0 Å². The van der Waals surface area contributed by atoms with Crippen molar-refractivity contribution in [3.8, 4) is 5.75 Å². The number of rotatable bonds is 5. The number of benzene rings is 1. The molecule has 28 heavy (non-hydrogen) atoms. The number of nitrogens with two attached hydrogens (primary N) is 1. The molecule has 0 atom stereocenters. The first-order valence-electron chi connectivity index (χ1n) is 9.37. The molecule has 1 aromatic carbocycles. The van der Waals surface area contributed by atoms with Gasteiger partial charge in [-0.3, -0.25) is 5.41 Å². The highest BCUT2D eigenvalue weighted by molar-refractivity contribution is 6.13. The van der Waals surface area contributed by atoms with Crippen LogP contribution in [-0.2, 0) is 0 Å². The molecule has 0 amide bonds. The maximum absolute atomic E-state index is 14.0. The fourth-order valence-corrected chi connectivity index (χ4v) is 2.87. The summed E-state index contributed by atoms with van der Waals surface area (Å²) in [6.45, 7) is 5.53. The summed E-state index contributed by atoms with van der Waals surface area (Å²) in [5.74, 6) is 0.340. The number of nitrogens with one attached hydrogen (secondary N) is 2. The van der Waals surface area contributed by atoms with Gasteiger partial charge in [-0.15, -0.1) is 0 Å². The zero-order valence-electron chi connectivity index (χ0n) is 16.9. The monoisotopic (exact) mass is 388 g/mol. The molecule has 4 N–H and O–H groups in total. The molecule has 0 unspecified atom stereocenters. The first kappa shape index (κ1) is 21.6. The summed E-state index contributed by atoms with van der Waals surface area (Å²) in [5, 5.41) is 11.2. The Morgan fingerprint density at radius 1 is 1.21 bits per heavy atom. The number of ether oxygens (including phenoxy) is 1. The van der Waals surface area contributed by atoms with E-state index in [0.717, 1.165) is 31.7 Å². The quantitative estimate of drug-likeness (QED) is 0.538. The molecule has 0 spiro atoms. The first-order valence-corrected chi connectivity index (χ1v) is 9.37. The Bertz CT molecular complexity index is 805. The van der Waals surface area contributed by atoms with Gasteiger partial charge in [-0.05, 0) is 46.9 Å². The topological polar surface area (TPSA) is 100 Å². The molecule has 3 rings (SSSR count). The van der Waals surface area contributed by atoms with Crippen LogP contribution in [0.2, 0.25) is 0 Å². The molecule has 0 radical (unpaired) electrons. The Balaban J connectivity index is 0.000000878. The minimum Gasteiger partial charge on any atom is -0.488 e. The lowest BCUT2D eigenvalue weighted by Gasteiger charge is -2.17. The van der Waals surface area contributed by atoms with E-state index < -0.39 is 5.82 Å². The van der Waals surface area contributed by atoms with E-state index in [0.29, 0.717) is 11.3 Å². The van der Waals surface area contributed by atoms with Crippen molar-refractivity contribution in [2.45, 2.75) is 32.8 Å². The summed E-state index contributed by atoms with van der Waals surface area (Å²) in [6.07, 6.45) is 3.54. The highest BCUT2D eigenvalue weighted by Crippen LogP contribution is 2.27. The van der Waals surface area contributed by atoms with Gasteiger partial charge in [0.2, 0.25) is 0 Å². The fourth-order valence-electron chi connectivity index (χ4n) is 2.87. The molecule has 1 fully saturated rings. The number of hydrogen-bond acceptors (Lipinski definition) is 7. The van der Waals surface area contributed by atoms with Crippen LogP contribution >= 0.6 is 0 Å². The van der Waals surface area contributed by atoms with Gasteiger partial charge in [0, 0.05) is 36.5 Å². The number of aromatic nitrogens is 2. The minimum absolute atomic E-state index is 0.0813. The van der Waals surface area contributed by atoms with Crippen molar-refractivity contribution in [2.75, 3.05) is 37.8 Å². The van der Waals surface area contributed by atoms with E-state index in [4.69, 9.17) is 15.9 Å². The van der Waals surface area contributed by atoms with Crippen LogP contribution < -0.4 is 20.7 Å². The molecule has 2 heterocycles. The van der Waals surface area contributed by atoms with Crippen molar-refractivity contribution in [1.29, 1.82) is 5.41 Å². The summed E-state index contributed by atoms with van der Waals surface area (Å²) < 4.78 is 19.5. The van der Waals surface area contributed by atoms with E-state index in [9.17, 15) is 4.39 Å². The van der Waals surface area contributed by atoms with E-state index in [1.54, 1.807) is 6.07 Å². The lowest BCUT2D eigenvalue weighted by atomic mass is 10.0. The van der Waals surface area contributed by atoms with Crippen molar-refractivity contribution in [3.05, 3.63) is 41.6 Å². The molecule has 7 nitrogen and oxygen atoms in total. The molecule has 0 bridgehead atoms. The first-order chi connectivity index (χ1) is 13.4. The second-order valence-electron chi connectivity index (χ2n) is 6.87. The SMILES string of the molecule is CC(C)Oc1cc(C(=N)c2cc(N3CCCC3)ncn2)c(N)cc1F.CNC. The Kier molecular flexibility index (Phi) is 7.69. The van der Waals surface area contributed by atoms with Crippen LogP contribution in [0.15, 0.2) is 24.5 Å². The third kappa shape index (κ3) is 5.39. The molecular weight excluding hydrogens is 359 g/mol. The Labute approximate surface area is 165 Å². The molecule has 1 aliphatic heterocycles. The van der Waals surface area contributed by atoms with Gasteiger partial charge in [0.15, 0.2) is 11.6 Å². The predicted molar refractivity (Wildman–Crippen MR) is 111 cm³/mol. The number of nitrogen functional groups attached to an aromatic ring is 1. The lowest BCUT2D eigenvalue weighted by molar-refractivity contribution is 0.231. The Morgan fingerprint density at radius 2 is 1.86 bits per heavy atom. The number of anilines is 2. The van der Waals surface area contributed by atoms with Crippen LogP contribution in [0, 0.1) is 11.2 Å². The normalized spacial score (nSPS) is 13.3. The Hall–Kier alpha value is -2.74. The van der Waals surface area contributed by atoms with Crippen molar-refractivity contribution >= 4 is 17.2 Å². The van der Waals surface area contributed by atoms with Gasteiger partial charge in [-0.2, -0.15) is 0 Å². The molecule has 1 aliphatic rings. The largest absolute Gasteiger partial charge is 0.488 e. The van der Waals surface area contributed by atoms with Gasteiger partial charge in [-0.25, -0.2) is 14.4 Å². The summed E-state index contributed by atoms with van der Waals surface area (Å²) in [5.41, 5.74) is 7.07. The maximum atomic E-state index is 14.0. The smallest absolute Gasteiger partial charge is 0.167 e. The molecule has 1 aromatic heterocycles. The van der Waals surface area contributed by atoms with E-state index in [-0.39, 0.29) is 23.3 Å². The molecule has 0 aliphatic carbocycles. The van der Waals surface area contributed by atoms with Crippen LogP contribution in [0.4, 0.5) is 15.9 Å².